The van der Waals surface area contributed by atoms with Crippen LogP contribution in [0.5, 0.6) is 0 Å². The molecule has 1 rings (SSSR count). The zero-order valence-electron chi connectivity index (χ0n) is 7.20. The van der Waals surface area contributed by atoms with Gasteiger partial charge in [0, 0.05) is 24.2 Å². The Morgan fingerprint density at radius 3 is 2.08 bits per heavy atom. The number of nitrogens with two attached hydrogens (primary N) is 1. The van der Waals surface area contributed by atoms with Gasteiger partial charge in [-0.05, 0) is 13.8 Å². The molecule has 0 unspecified atom stereocenters. The molecule has 0 aromatic heterocycles. The summed E-state index contributed by atoms with van der Waals surface area (Å²) in [4.78, 5) is 23.2. The van der Waals surface area contributed by atoms with Crippen molar-refractivity contribution in [1.29, 1.82) is 0 Å². The fraction of sp³-hybridized carbons (Fsp3) is 0.500. The molecule has 0 aromatic rings. The van der Waals surface area contributed by atoms with E-state index in [9.17, 15) is 9.59 Å². The first-order valence-electron chi connectivity index (χ1n) is 3.72. The van der Waals surface area contributed by atoms with E-state index in [1.807, 2.05) is 0 Å². The average molecular weight is 168 g/mol. The highest BCUT2D eigenvalue weighted by atomic mass is 16.2. The monoisotopic (exact) mass is 168 g/mol. The Morgan fingerprint density at radius 1 is 1.33 bits per heavy atom. The van der Waals surface area contributed by atoms with Crippen LogP contribution in [0.15, 0.2) is 12.2 Å². The maximum Gasteiger partial charge on any atom is 0.253 e. The summed E-state index contributed by atoms with van der Waals surface area (Å²) in [6.45, 7) is 3.80. The van der Waals surface area contributed by atoms with Crippen LogP contribution < -0.4 is 5.73 Å². The molecule has 1 aliphatic rings. The summed E-state index contributed by atoms with van der Waals surface area (Å²) in [7, 11) is 0. The molecule has 0 atom stereocenters. The Balaban J connectivity index is 2.66. The number of amides is 2. The van der Waals surface area contributed by atoms with E-state index in [4.69, 9.17) is 5.73 Å². The van der Waals surface area contributed by atoms with Crippen LogP contribution in [0, 0.1) is 0 Å². The molecule has 0 aromatic carbocycles. The molecule has 0 aliphatic carbocycles. The van der Waals surface area contributed by atoms with Crippen LogP contribution in [0.4, 0.5) is 0 Å². The largest absolute Gasteiger partial charge is 0.324 e. The van der Waals surface area contributed by atoms with Gasteiger partial charge in [0.2, 0.25) is 0 Å². The molecule has 0 saturated heterocycles. The number of rotatable bonds is 2. The van der Waals surface area contributed by atoms with Crippen LogP contribution in [-0.2, 0) is 9.59 Å². The van der Waals surface area contributed by atoms with E-state index in [0.717, 1.165) is 4.90 Å². The van der Waals surface area contributed by atoms with Crippen LogP contribution in [0.1, 0.15) is 13.8 Å². The molecule has 4 nitrogen and oxygen atoms in total. The van der Waals surface area contributed by atoms with Gasteiger partial charge in [0.15, 0.2) is 0 Å². The molecule has 0 bridgehead atoms. The molecular formula is C8H12N2O2. The van der Waals surface area contributed by atoms with Gasteiger partial charge in [0.05, 0.1) is 0 Å². The second-order valence-electron chi connectivity index (χ2n) is 3.58. The molecule has 1 heterocycles. The standard InChI is InChI=1S/C8H12N2O2/c1-8(2,9)5-10-6(11)3-4-7(10)12/h3-4H,5,9H2,1-2H3. The van der Waals surface area contributed by atoms with Gasteiger partial charge in [-0.1, -0.05) is 0 Å². The van der Waals surface area contributed by atoms with Crippen molar-refractivity contribution in [3.63, 3.8) is 0 Å². The quantitative estimate of drug-likeness (QED) is 0.573. The second-order valence-corrected chi connectivity index (χ2v) is 3.58. The second kappa shape index (κ2) is 2.71. The molecule has 2 amide bonds. The first kappa shape index (κ1) is 8.93. The molecule has 0 radical (unpaired) electrons. The molecule has 2 N–H and O–H groups in total. The molecule has 0 spiro atoms. The summed E-state index contributed by atoms with van der Waals surface area (Å²) in [6.07, 6.45) is 2.52. The third-order valence-corrected chi connectivity index (χ3v) is 1.47. The molecule has 4 heteroatoms. The van der Waals surface area contributed by atoms with Gasteiger partial charge in [-0.25, -0.2) is 0 Å². The lowest BCUT2D eigenvalue weighted by atomic mass is 10.1. The summed E-state index contributed by atoms with van der Waals surface area (Å²) < 4.78 is 0. The summed E-state index contributed by atoms with van der Waals surface area (Å²) in [5.41, 5.74) is 5.14. The maximum absolute atomic E-state index is 11.0. The van der Waals surface area contributed by atoms with Gasteiger partial charge in [-0.3, -0.25) is 14.5 Å². The number of hydrogen-bond acceptors (Lipinski definition) is 3. The number of carbonyl (C=O) groups excluding carboxylic acids is 2. The lowest BCUT2D eigenvalue weighted by molar-refractivity contribution is -0.137. The van der Waals surface area contributed by atoms with Crippen molar-refractivity contribution in [3.8, 4) is 0 Å². The minimum atomic E-state index is -0.530. The first-order chi connectivity index (χ1) is 5.40. The zero-order valence-corrected chi connectivity index (χ0v) is 7.20. The average Bonchev–Trinajstić information content (AvgIpc) is 2.16. The minimum absolute atomic E-state index is 0.262. The van der Waals surface area contributed by atoms with E-state index in [0.29, 0.717) is 0 Å². The molecule has 0 saturated carbocycles. The highest BCUT2D eigenvalue weighted by Gasteiger charge is 2.27. The molecular weight excluding hydrogens is 156 g/mol. The number of nitrogens with zero attached hydrogens (tertiary/aromatic N) is 1. The Bertz CT molecular complexity index is 232. The van der Waals surface area contributed by atoms with Crippen LogP contribution in [-0.4, -0.2) is 28.8 Å². The zero-order chi connectivity index (χ0) is 9.35. The Morgan fingerprint density at radius 2 is 1.75 bits per heavy atom. The minimum Gasteiger partial charge on any atom is -0.324 e. The number of hydrogen-bond donors (Lipinski definition) is 1. The van der Waals surface area contributed by atoms with Crippen LogP contribution in [0.2, 0.25) is 0 Å². The van der Waals surface area contributed by atoms with E-state index in [1.54, 1.807) is 13.8 Å². The van der Waals surface area contributed by atoms with Gasteiger partial charge in [-0.2, -0.15) is 0 Å². The Hall–Kier alpha value is -1.16. The van der Waals surface area contributed by atoms with Crippen molar-refractivity contribution < 1.29 is 9.59 Å². The summed E-state index contributed by atoms with van der Waals surface area (Å²) in [5.74, 6) is -0.558. The Kier molecular flexibility index (Phi) is 2.02. The topological polar surface area (TPSA) is 63.4 Å². The molecule has 66 valence electrons. The van der Waals surface area contributed by atoms with E-state index >= 15 is 0 Å². The van der Waals surface area contributed by atoms with Gasteiger partial charge in [0.25, 0.3) is 11.8 Å². The van der Waals surface area contributed by atoms with Crippen molar-refractivity contribution in [2.24, 2.45) is 5.73 Å². The summed E-state index contributed by atoms with van der Waals surface area (Å²) in [5, 5.41) is 0. The fourth-order valence-corrected chi connectivity index (χ4v) is 0.994. The van der Waals surface area contributed by atoms with Crippen molar-refractivity contribution >= 4 is 11.8 Å². The summed E-state index contributed by atoms with van der Waals surface area (Å²) >= 11 is 0. The summed E-state index contributed by atoms with van der Waals surface area (Å²) in [6, 6.07) is 0. The van der Waals surface area contributed by atoms with Crippen molar-refractivity contribution in [2.45, 2.75) is 19.4 Å². The first-order valence-corrected chi connectivity index (χ1v) is 3.72. The van der Waals surface area contributed by atoms with Gasteiger partial charge >= 0.3 is 0 Å². The third-order valence-electron chi connectivity index (χ3n) is 1.47. The van der Waals surface area contributed by atoms with E-state index in [-0.39, 0.29) is 18.4 Å². The fourth-order valence-electron chi connectivity index (χ4n) is 0.994. The maximum atomic E-state index is 11.0. The van der Waals surface area contributed by atoms with Crippen LogP contribution in [0.25, 0.3) is 0 Å². The van der Waals surface area contributed by atoms with Gasteiger partial charge in [-0.15, -0.1) is 0 Å². The van der Waals surface area contributed by atoms with Crippen LogP contribution >= 0.6 is 0 Å². The van der Waals surface area contributed by atoms with Crippen LogP contribution in [0.3, 0.4) is 0 Å². The lowest BCUT2D eigenvalue weighted by Gasteiger charge is -2.24. The van der Waals surface area contributed by atoms with E-state index < -0.39 is 5.54 Å². The van der Waals surface area contributed by atoms with Crippen molar-refractivity contribution in [3.05, 3.63) is 12.2 Å². The molecule has 1 aliphatic heterocycles. The third kappa shape index (κ3) is 1.92. The molecule has 0 fully saturated rings. The van der Waals surface area contributed by atoms with E-state index in [2.05, 4.69) is 0 Å². The van der Waals surface area contributed by atoms with Crippen molar-refractivity contribution in [1.82, 2.24) is 4.90 Å². The Labute approximate surface area is 71.0 Å². The highest BCUT2D eigenvalue weighted by molar-refractivity contribution is 6.12. The number of carbonyl (C=O) groups is 2. The number of imide groups is 1. The smallest absolute Gasteiger partial charge is 0.253 e. The van der Waals surface area contributed by atoms with Gasteiger partial charge in [0.1, 0.15) is 0 Å². The predicted molar refractivity (Wildman–Crippen MR) is 44.1 cm³/mol. The molecule has 12 heavy (non-hydrogen) atoms. The van der Waals surface area contributed by atoms with Gasteiger partial charge < -0.3 is 5.73 Å². The van der Waals surface area contributed by atoms with E-state index in [1.165, 1.54) is 12.2 Å². The highest BCUT2D eigenvalue weighted by Crippen LogP contribution is 2.08. The predicted octanol–water partition coefficient (Wildman–Crippen LogP) is -0.351. The SMILES string of the molecule is CC(C)(N)CN1C(=O)C=CC1=O. The lowest BCUT2D eigenvalue weighted by Crippen LogP contribution is -2.47. The van der Waals surface area contributed by atoms with Crippen molar-refractivity contribution in [2.75, 3.05) is 6.54 Å². The normalized spacial score (nSPS) is 17.8.